The summed E-state index contributed by atoms with van der Waals surface area (Å²) in [6.45, 7) is 11.4. The van der Waals surface area contributed by atoms with E-state index in [1.165, 1.54) is 101 Å². The van der Waals surface area contributed by atoms with Gasteiger partial charge in [0, 0.05) is 18.9 Å². The van der Waals surface area contributed by atoms with Crippen molar-refractivity contribution in [1.29, 1.82) is 0 Å². The zero-order chi connectivity index (χ0) is 44.2. The van der Waals surface area contributed by atoms with Crippen molar-refractivity contribution in [2.24, 2.45) is 41.2 Å². The van der Waals surface area contributed by atoms with E-state index in [1.807, 2.05) is 0 Å². The Morgan fingerprint density at radius 2 is 0.952 bits per heavy atom. The van der Waals surface area contributed by atoms with E-state index in [2.05, 4.69) is 159 Å². The third-order valence-corrected chi connectivity index (χ3v) is 20.2. The van der Waals surface area contributed by atoms with E-state index in [4.69, 9.17) is 5.73 Å². The van der Waals surface area contributed by atoms with Gasteiger partial charge in [-0.05, 0) is 142 Å². The first-order valence-electron chi connectivity index (χ1n) is 24.6. The van der Waals surface area contributed by atoms with Crippen LogP contribution in [-0.4, -0.2) is 40.0 Å². The number of hydrogen-bond acceptors (Lipinski definition) is 3. The van der Waals surface area contributed by atoms with Gasteiger partial charge in [0.15, 0.2) is 0 Å². The fourth-order valence-electron chi connectivity index (χ4n) is 10.7. The Labute approximate surface area is 384 Å². The second kappa shape index (κ2) is 26.4. The third-order valence-electron chi connectivity index (χ3n) is 14.1. The van der Waals surface area contributed by atoms with Crippen molar-refractivity contribution in [3.63, 3.8) is 0 Å². The van der Waals surface area contributed by atoms with Gasteiger partial charge < -0.3 is 11.1 Å². The fourth-order valence-corrected chi connectivity index (χ4v) is 17.5. The molecule has 4 fully saturated rings. The monoisotopic (exact) mass is 885 g/mol. The number of amides is 1. The van der Waals surface area contributed by atoms with Gasteiger partial charge in [0.25, 0.3) is 0 Å². The summed E-state index contributed by atoms with van der Waals surface area (Å²) < 4.78 is 1.47. The molecule has 4 saturated carbocycles. The van der Waals surface area contributed by atoms with E-state index >= 15 is 0 Å². The van der Waals surface area contributed by atoms with Gasteiger partial charge in [-0.25, -0.2) is 9.78 Å². The molecule has 5 nitrogen and oxygen atoms in total. The molecule has 0 aliphatic heterocycles. The highest BCUT2D eigenvalue weighted by atomic mass is 31.1. The quantitative estimate of drug-likeness (QED) is 0.130. The summed E-state index contributed by atoms with van der Waals surface area (Å²) in [5, 5.41) is 9.12. The normalized spacial score (nSPS) is 21.2. The van der Waals surface area contributed by atoms with Crippen molar-refractivity contribution >= 4 is 43.1 Å². The van der Waals surface area contributed by atoms with Gasteiger partial charge in [0.05, 0.1) is 0 Å². The molecule has 5 aromatic rings. The number of aromatic nitrogens is 2. The van der Waals surface area contributed by atoms with Crippen molar-refractivity contribution in [2.75, 3.05) is 13.1 Å². The Morgan fingerprint density at radius 3 is 1.27 bits per heavy atom. The molecule has 4 aromatic carbocycles. The van der Waals surface area contributed by atoms with E-state index in [0.717, 1.165) is 54.0 Å². The summed E-state index contributed by atoms with van der Waals surface area (Å²) in [6.07, 6.45) is 24.0. The molecule has 4 aliphatic carbocycles. The standard InChI is InChI=1S/2C20H25P.C10H15N3O.C6H13N/c2*1-16(2)19-14-9-15-20(19)21(17-10-5-3-6-11-17)18-12-7-4-8-13-18;14-10(13-6-5-11-8-13)12-7-9-3-1-2-4-9;7-5-6-3-1-2-4-6/h2*3-8,10-13,16,19-20H,9,14-15H2,1-2H3;5-6,8-9H,1-4,7H2,(H,12,14);6H,1-5,7H2. The van der Waals surface area contributed by atoms with Gasteiger partial charge in [-0.1, -0.05) is 188 Å². The van der Waals surface area contributed by atoms with Gasteiger partial charge in [-0.2, -0.15) is 0 Å². The molecule has 1 aromatic heterocycles. The lowest BCUT2D eigenvalue weighted by Gasteiger charge is -2.32. The van der Waals surface area contributed by atoms with Crippen LogP contribution in [0.4, 0.5) is 4.79 Å². The lowest BCUT2D eigenvalue weighted by atomic mass is 9.94. The Hall–Kier alpha value is -3.62. The number of imidazole rings is 1. The zero-order valence-corrected chi connectivity index (χ0v) is 40.8. The predicted molar refractivity (Wildman–Crippen MR) is 274 cm³/mol. The molecule has 9 rings (SSSR count). The summed E-state index contributed by atoms with van der Waals surface area (Å²) >= 11 is 0. The molecule has 63 heavy (non-hydrogen) atoms. The molecule has 338 valence electrons. The Bertz CT molecular complexity index is 1760. The van der Waals surface area contributed by atoms with Gasteiger partial charge in [0.1, 0.15) is 6.33 Å². The molecular formula is C56H78N4OP2. The average molecular weight is 885 g/mol. The first kappa shape index (κ1) is 48.8. The van der Waals surface area contributed by atoms with Crippen LogP contribution in [0.25, 0.3) is 0 Å². The molecule has 4 atom stereocenters. The highest BCUT2D eigenvalue weighted by Gasteiger charge is 2.37. The predicted octanol–water partition coefficient (Wildman–Crippen LogP) is 12.7. The van der Waals surface area contributed by atoms with Crippen molar-refractivity contribution in [2.45, 2.75) is 129 Å². The molecular weight excluding hydrogens is 807 g/mol. The Kier molecular flexibility index (Phi) is 20.4. The maximum atomic E-state index is 11.5. The summed E-state index contributed by atoms with van der Waals surface area (Å²) in [4.78, 5) is 15.3. The van der Waals surface area contributed by atoms with Crippen molar-refractivity contribution in [3.05, 3.63) is 140 Å². The third kappa shape index (κ3) is 14.7. The van der Waals surface area contributed by atoms with Crippen LogP contribution in [0.3, 0.4) is 0 Å². The van der Waals surface area contributed by atoms with Crippen LogP contribution >= 0.6 is 15.8 Å². The number of nitrogens with zero attached hydrogens (tertiary/aromatic N) is 2. The van der Waals surface area contributed by atoms with Gasteiger partial charge in [-0.3, -0.25) is 4.57 Å². The summed E-state index contributed by atoms with van der Waals surface area (Å²) in [7, 11) is -0.448. The van der Waals surface area contributed by atoms with E-state index in [-0.39, 0.29) is 21.9 Å². The number of nitrogens with one attached hydrogen (secondary N) is 1. The van der Waals surface area contributed by atoms with Crippen LogP contribution in [0.2, 0.25) is 0 Å². The largest absolute Gasteiger partial charge is 0.337 e. The first-order chi connectivity index (χ1) is 30.8. The molecule has 0 spiro atoms. The number of rotatable bonds is 11. The topological polar surface area (TPSA) is 72.9 Å². The van der Waals surface area contributed by atoms with Crippen LogP contribution in [0.5, 0.6) is 0 Å². The van der Waals surface area contributed by atoms with Gasteiger partial charge >= 0.3 is 6.03 Å². The molecule has 3 N–H and O–H groups in total. The van der Waals surface area contributed by atoms with Gasteiger partial charge in [-0.15, -0.1) is 0 Å². The van der Waals surface area contributed by atoms with Crippen molar-refractivity contribution in [1.82, 2.24) is 14.9 Å². The lowest BCUT2D eigenvalue weighted by molar-refractivity contribution is 0.240. The van der Waals surface area contributed by atoms with Crippen molar-refractivity contribution in [3.8, 4) is 0 Å². The molecule has 0 saturated heterocycles. The molecule has 0 bridgehead atoms. The molecule has 7 heteroatoms. The summed E-state index contributed by atoms with van der Waals surface area (Å²) in [5.41, 5.74) is 7.14. The molecule has 1 amide bonds. The highest BCUT2D eigenvalue weighted by molar-refractivity contribution is 7.74. The summed E-state index contributed by atoms with van der Waals surface area (Å²) in [6, 6.07) is 44.8. The minimum atomic E-state index is -0.224. The van der Waals surface area contributed by atoms with E-state index in [0.29, 0.717) is 5.92 Å². The molecule has 1 heterocycles. The van der Waals surface area contributed by atoms with Gasteiger partial charge in [0.2, 0.25) is 0 Å². The second-order valence-corrected chi connectivity index (χ2v) is 24.0. The smallest absolute Gasteiger partial charge is 0.326 e. The first-order valence-corrected chi connectivity index (χ1v) is 27.4. The van der Waals surface area contributed by atoms with Crippen LogP contribution < -0.4 is 32.3 Å². The fraction of sp³-hybridized carbons (Fsp3) is 0.500. The molecule has 0 radical (unpaired) electrons. The number of nitrogens with two attached hydrogens (primary N) is 1. The zero-order valence-electron chi connectivity index (χ0n) is 39.0. The van der Waals surface area contributed by atoms with Crippen LogP contribution in [0.15, 0.2) is 140 Å². The van der Waals surface area contributed by atoms with Crippen LogP contribution in [0, 0.1) is 35.5 Å². The van der Waals surface area contributed by atoms with E-state index < -0.39 is 0 Å². The maximum absolute atomic E-state index is 11.5. The summed E-state index contributed by atoms with van der Waals surface area (Å²) in [5.74, 6) is 4.93. The Balaban J connectivity index is 0.000000148. The molecule has 4 aliphatic rings. The number of hydrogen-bond donors (Lipinski definition) is 2. The number of carbonyl (C=O) groups excluding carboxylic acids is 1. The second-order valence-electron chi connectivity index (χ2n) is 19.1. The average Bonchev–Trinajstić information content (AvgIpc) is 4.19. The number of benzene rings is 4. The van der Waals surface area contributed by atoms with E-state index in [9.17, 15) is 4.79 Å². The number of carbonyl (C=O) groups is 1. The molecule has 4 unspecified atom stereocenters. The van der Waals surface area contributed by atoms with Crippen molar-refractivity contribution < 1.29 is 4.79 Å². The SMILES string of the molecule is CC(C)C1CCCC1P(c1ccccc1)c1ccccc1.CC(C)C1CCCC1P(c1ccccc1)c1ccccc1.NCC1CCCC1.O=C(NCC1CCCC1)n1ccnc1. The van der Waals surface area contributed by atoms with Crippen LogP contribution in [-0.2, 0) is 0 Å². The lowest BCUT2D eigenvalue weighted by Crippen LogP contribution is -2.31. The Morgan fingerprint density at radius 1 is 0.571 bits per heavy atom. The van der Waals surface area contributed by atoms with E-state index in [1.54, 1.807) is 33.6 Å². The minimum absolute atomic E-state index is 0.0746. The minimum Gasteiger partial charge on any atom is -0.337 e. The highest BCUT2D eigenvalue weighted by Crippen LogP contribution is 2.53. The van der Waals surface area contributed by atoms with Crippen LogP contribution in [0.1, 0.15) is 118 Å². The maximum Gasteiger partial charge on any atom is 0.326 e.